The van der Waals surface area contributed by atoms with Crippen LogP contribution in [0.15, 0.2) is 30.3 Å². The first-order valence-electron chi connectivity index (χ1n) is 6.73. The molecule has 0 aliphatic carbocycles. The Morgan fingerprint density at radius 2 is 2.05 bits per heavy atom. The summed E-state index contributed by atoms with van der Waals surface area (Å²) in [5.74, 6) is -0.559. The van der Waals surface area contributed by atoms with Gasteiger partial charge in [0.2, 0.25) is 0 Å². The molecular formula is C15H18ClNO4. The molecule has 0 N–H and O–H groups in total. The van der Waals surface area contributed by atoms with E-state index in [0.717, 1.165) is 5.56 Å². The minimum absolute atomic E-state index is 0.0720. The highest BCUT2D eigenvalue weighted by Crippen LogP contribution is 2.21. The summed E-state index contributed by atoms with van der Waals surface area (Å²) in [4.78, 5) is 25.2. The van der Waals surface area contributed by atoms with Crippen LogP contribution >= 0.6 is 11.6 Å². The lowest BCUT2D eigenvalue weighted by Crippen LogP contribution is -2.44. The topological polar surface area (TPSA) is 55.8 Å². The molecule has 1 aromatic rings. The molecule has 0 aromatic heterocycles. The van der Waals surface area contributed by atoms with E-state index in [9.17, 15) is 9.59 Å². The number of carbonyl (C=O) groups excluding carboxylic acids is 2. The molecule has 1 heterocycles. The second kappa shape index (κ2) is 7.43. The molecule has 1 aromatic carbocycles. The van der Waals surface area contributed by atoms with Crippen LogP contribution in [-0.2, 0) is 20.9 Å². The standard InChI is InChI=1S/C15H18ClNO4/c1-17(13-10-20-9-12(13)14(18)7-16)15(19)21-8-11-5-3-2-4-6-11/h2-6,12-13H,7-10H2,1H3. The van der Waals surface area contributed by atoms with Gasteiger partial charge in [-0.15, -0.1) is 11.6 Å². The summed E-state index contributed by atoms with van der Waals surface area (Å²) in [6, 6.07) is 9.10. The average Bonchev–Trinajstić information content (AvgIpc) is 3.01. The van der Waals surface area contributed by atoms with Gasteiger partial charge in [-0.2, -0.15) is 0 Å². The van der Waals surface area contributed by atoms with E-state index in [1.807, 2.05) is 30.3 Å². The van der Waals surface area contributed by atoms with Crippen molar-refractivity contribution < 1.29 is 19.1 Å². The van der Waals surface area contributed by atoms with Crippen LogP contribution < -0.4 is 0 Å². The lowest BCUT2D eigenvalue weighted by atomic mass is 9.99. The van der Waals surface area contributed by atoms with Gasteiger partial charge in [0.15, 0.2) is 5.78 Å². The minimum atomic E-state index is -0.471. The Balaban J connectivity index is 1.91. The van der Waals surface area contributed by atoms with Crippen molar-refractivity contribution in [3.8, 4) is 0 Å². The van der Waals surface area contributed by atoms with E-state index >= 15 is 0 Å². The maximum absolute atomic E-state index is 12.1. The van der Waals surface area contributed by atoms with Gasteiger partial charge in [-0.3, -0.25) is 4.79 Å². The van der Waals surface area contributed by atoms with Gasteiger partial charge in [-0.05, 0) is 5.56 Å². The van der Waals surface area contributed by atoms with Crippen molar-refractivity contribution in [3.63, 3.8) is 0 Å². The van der Waals surface area contributed by atoms with Crippen LogP contribution in [0.5, 0.6) is 0 Å². The molecule has 0 saturated carbocycles. The van der Waals surface area contributed by atoms with Crippen LogP contribution in [0.1, 0.15) is 5.56 Å². The summed E-state index contributed by atoms with van der Waals surface area (Å²) < 4.78 is 10.5. The molecule has 1 saturated heterocycles. The first kappa shape index (κ1) is 15.8. The summed E-state index contributed by atoms with van der Waals surface area (Å²) in [6.07, 6.45) is -0.471. The SMILES string of the molecule is CN(C(=O)OCc1ccccc1)C1COCC1C(=O)CCl. The molecule has 0 spiro atoms. The number of ketones is 1. The van der Waals surface area contributed by atoms with Gasteiger partial charge >= 0.3 is 6.09 Å². The lowest BCUT2D eigenvalue weighted by molar-refractivity contribution is -0.121. The van der Waals surface area contributed by atoms with Crippen LogP contribution in [0.4, 0.5) is 4.79 Å². The molecule has 0 bridgehead atoms. The molecule has 2 rings (SSSR count). The Bertz CT molecular complexity index is 494. The van der Waals surface area contributed by atoms with Crippen molar-refractivity contribution in [2.75, 3.05) is 26.1 Å². The first-order valence-corrected chi connectivity index (χ1v) is 7.27. The molecule has 2 atom stereocenters. The van der Waals surface area contributed by atoms with E-state index in [2.05, 4.69) is 0 Å². The Labute approximate surface area is 128 Å². The predicted molar refractivity (Wildman–Crippen MR) is 78.2 cm³/mol. The van der Waals surface area contributed by atoms with Gasteiger partial charge in [0.05, 0.1) is 31.1 Å². The van der Waals surface area contributed by atoms with Crippen LogP contribution in [0.3, 0.4) is 0 Å². The smallest absolute Gasteiger partial charge is 0.410 e. The summed E-state index contributed by atoms with van der Waals surface area (Å²) in [5, 5.41) is 0. The third-order valence-corrected chi connectivity index (χ3v) is 3.85. The highest BCUT2D eigenvalue weighted by Gasteiger charge is 2.38. The molecule has 5 nitrogen and oxygen atoms in total. The number of hydrogen-bond donors (Lipinski definition) is 0. The van der Waals surface area contributed by atoms with Gasteiger partial charge in [-0.25, -0.2) is 4.79 Å². The van der Waals surface area contributed by atoms with Gasteiger partial charge in [0, 0.05) is 7.05 Å². The number of amides is 1. The maximum Gasteiger partial charge on any atom is 0.410 e. The molecule has 1 amide bonds. The predicted octanol–water partition coefficient (Wildman–Crippen LogP) is 2.08. The molecule has 6 heteroatoms. The summed E-state index contributed by atoms with van der Waals surface area (Å²) in [7, 11) is 1.61. The Hall–Kier alpha value is -1.59. The zero-order valence-electron chi connectivity index (χ0n) is 11.8. The van der Waals surface area contributed by atoms with Crippen LogP contribution in [0, 0.1) is 5.92 Å². The van der Waals surface area contributed by atoms with Gasteiger partial charge in [0.1, 0.15) is 6.61 Å². The number of nitrogens with zero attached hydrogens (tertiary/aromatic N) is 1. The monoisotopic (exact) mass is 311 g/mol. The van der Waals surface area contributed by atoms with Crippen LogP contribution in [0.25, 0.3) is 0 Å². The first-order chi connectivity index (χ1) is 10.1. The normalized spacial score (nSPS) is 21.0. The van der Waals surface area contributed by atoms with E-state index in [-0.39, 0.29) is 30.2 Å². The fourth-order valence-electron chi connectivity index (χ4n) is 2.29. The summed E-state index contributed by atoms with van der Waals surface area (Å²) in [6.45, 7) is 0.822. The number of carbonyl (C=O) groups is 2. The molecule has 1 aliphatic rings. The molecular weight excluding hydrogens is 294 g/mol. The van der Waals surface area contributed by atoms with Crippen molar-refractivity contribution in [2.24, 2.45) is 5.92 Å². The number of rotatable bonds is 5. The minimum Gasteiger partial charge on any atom is -0.445 e. The molecule has 1 aliphatic heterocycles. The molecule has 114 valence electrons. The Morgan fingerprint density at radius 3 is 2.71 bits per heavy atom. The fraction of sp³-hybridized carbons (Fsp3) is 0.467. The molecule has 0 radical (unpaired) electrons. The number of halogens is 1. The van der Waals surface area contributed by atoms with Crippen molar-refractivity contribution in [2.45, 2.75) is 12.6 Å². The van der Waals surface area contributed by atoms with Gasteiger partial charge < -0.3 is 14.4 Å². The third kappa shape index (κ3) is 3.95. The van der Waals surface area contributed by atoms with Gasteiger partial charge in [0.25, 0.3) is 0 Å². The number of hydrogen-bond acceptors (Lipinski definition) is 4. The number of benzene rings is 1. The van der Waals surface area contributed by atoms with E-state index < -0.39 is 6.09 Å². The van der Waals surface area contributed by atoms with Crippen LogP contribution in [-0.4, -0.2) is 49.0 Å². The highest BCUT2D eigenvalue weighted by atomic mass is 35.5. The third-order valence-electron chi connectivity index (χ3n) is 3.59. The van der Waals surface area contributed by atoms with E-state index in [0.29, 0.717) is 13.2 Å². The maximum atomic E-state index is 12.1. The van der Waals surface area contributed by atoms with Crippen molar-refractivity contribution in [1.82, 2.24) is 4.90 Å². The molecule has 1 fully saturated rings. The van der Waals surface area contributed by atoms with E-state index in [4.69, 9.17) is 21.1 Å². The number of alkyl halides is 1. The van der Waals surface area contributed by atoms with Crippen LogP contribution in [0.2, 0.25) is 0 Å². The zero-order chi connectivity index (χ0) is 15.2. The highest BCUT2D eigenvalue weighted by molar-refractivity contribution is 6.28. The lowest BCUT2D eigenvalue weighted by Gasteiger charge is -2.26. The molecule has 21 heavy (non-hydrogen) atoms. The number of Topliss-reactive ketones (excluding diaryl/α,β-unsaturated/α-hetero) is 1. The average molecular weight is 312 g/mol. The van der Waals surface area contributed by atoms with Crippen molar-refractivity contribution in [1.29, 1.82) is 0 Å². The van der Waals surface area contributed by atoms with Crippen molar-refractivity contribution >= 4 is 23.5 Å². The molecule has 2 unspecified atom stereocenters. The number of ether oxygens (including phenoxy) is 2. The van der Waals surface area contributed by atoms with Gasteiger partial charge in [-0.1, -0.05) is 30.3 Å². The second-order valence-corrected chi connectivity index (χ2v) is 5.23. The Kier molecular flexibility index (Phi) is 5.59. The largest absolute Gasteiger partial charge is 0.445 e. The zero-order valence-corrected chi connectivity index (χ0v) is 12.6. The van der Waals surface area contributed by atoms with E-state index in [1.165, 1.54) is 4.90 Å². The number of likely N-dealkylation sites (N-methyl/N-ethyl adjacent to an activating group) is 1. The quantitative estimate of drug-likeness (QED) is 0.781. The fourth-order valence-corrected chi connectivity index (χ4v) is 2.49. The summed E-state index contributed by atoms with van der Waals surface area (Å²) in [5.41, 5.74) is 0.912. The second-order valence-electron chi connectivity index (χ2n) is 4.96. The summed E-state index contributed by atoms with van der Waals surface area (Å²) >= 11 is 5.58. The van der Waals surface area contributed by atoms with Crippen molar-refractivity contribution in [3.05, 3.63) is 35.9 Å². The van der Waals surface area contributed by atoms with E-state index in [1.54, 1.807) is 7.05 Å². The Morgan fingerprint density at radius 1 is 1.33 bits per heavy atom.